The first-order chi connectivity index (χ1) is 17.7. The quantitative estimate of drug-likeness (QED) is 0.307. The number of carbonyl (C=O) groups is 1. The molecule has 1 aliphatic heterocycles. The molecular weight excluding hydrogens is 478 g/mol. The highest BCUT2D eigenvalue weighted by Crippen LogP contribution is 2.36. The van der Waals surface area contributed by atoms with Crippen molar-refractivity contribution in [2.75, 3.05) is 50.3 Å². The van der Waals surface area contributed by atoms with Gasteiger partial charge in [0.2, 0.25) is 5.91 Å². The topological polar surface area (TPSA) is 64.3 Å². The highest BCUT2D eigenvalue weighted by Gasteiger charge is 2.22. The summed E-state index contributed by atoms with van der Waals surface area (Å²) < 4.78 is 0. The fraction of sp³-hybridized carbons (Fsp3) is 0.533. The number of H-pyrrole nitrogens is 1. The van der Waals surface area contributed by atoms with E-state index in [-0.39, 0.29) is 5.91 Å². The summed E-state index contributed by atoms with van der Waals surface area (Å²) >= 11 is 1.78. The van der Waals surface area contributed by atoms with Crippen LogP contribution in [0.15, 0.2) is 41.6 Å². The molecule has 6 nitrogen and oxygen atoms in total. The molecule has 3 aromatic rings. The van der Waals surface area contributed by atoms with Crippen LogP contribution in [0.3, 0.4) is 0 Å². The molecule has 4 rings (SSSR count). The van der Waals surface area contributed by atoms with E-state index in [1.807, 2.05) is 18.2 Å². The molecule has 1 aliphatic rings. The van der Waals surface area contributed by atoms with Crippen LogP contribution in [0.2, 0.25) is 0 Å². The fourth-order valence-corrected chi connectivity index (χ4v) is 5.81. The Kier molecular flexibility index (Phi) is 9.32. The first-order valence-electron chi connectivity index (χ1n) is 13.7. The SMILES string of the molecule is CC(C)c1cc(C(C)C)c(NC(=O)CN2CCN(CCSc3nc4ccccc4[nH]3)CC2)c(C(C)C)c1. The monoisotopic (exact) mass is 521 g/mol. The first kappa shape index (κ1) is 27.7. The lowest BCUT2D eigenvalue weighted by Crippen LogP contribution is -2.49. The molecule has 0 unspecified atom stereocenters. The van der Waals surface area contributed by atoms with E-state index in [1.54, 1.807) is 11.8 Å². The first-order valence-corrected chi connectivity index (χ1v) is 14.7. The van der Waals surface area contributed by atoms with E-state index in [4.69, 9.17) is 0 Å². The average molecular weight is 522 g/mol. The molecular formula is C30H43N5OS. The maximum Gasteiger partial charge on any atom is 0.238 e. The number of fused-ring (bicyclic) bond motifs is 1. The number of aromatic amines is 1. The fourth-order valence-electron chi connectivity index (χ4n) is 4.92. The molecule has 0 saturated carbocycles. The molecule has 37 heavy (non-hydrogen) atoms. The molecule has 2 heterocycles. The summed E-state index contributed by atoms with van der Waals surface area (Å²) in [6.45, 7) is 18.6. The van der Waals surface area contributed by atoms with E-state index in [1.165, 1.54) is 16.7 Å². The summed E-state index contributed by atoms with van der Waals surface area (Å²) in [4.78, 5) is 26.0. The summed E-state index contributed by atoms with van der Waals surface area (Å²) in [5.74, 6) is 2.27. The minimum Gasteiger partial charge on any atom is -0.333 e. The minimum atomic E-state index is 0.0926. The third-order valence-corrected chi connectivity index (χ3v) is 8.10. The van der Waals surface area contributed by atoms with Crippen molar-refractivity contribution in [2.24, 2.45) is 0 Å². The Morgan fingerprint density at radius 3 is 2.16 bits per heavy atom. The minimum absolute atomic E-state index is 0.0926. The average Bonchev–Trinajstić information content (AvgIpc) is 3.27. The maximum atomic E-state index is 13.2. The number of piperazine rings is 1. The highest BCUT2D eigenvalue weighted by molar-refractivity contribution is 7.99. The van der Waals surface area contributed by atoms with Gasteiger partial charge >= 0.3 is 0 Å². The molecule has 0 spiro atoms. The van der Waals surface area contributed by atoms with Crippen molar-refractivity contribution in [3.05, 3.63) is 53.1 Å². The Hall–Kier alpha value is -2.35. The van der Waals surface area contributed by atoms with Crippen molar-refractivity contribution in [3.63, 3.8) is 0 Å². The molecule has 1 saturated heterocycles. The van der Waals surface area contributed by atoms with Crippen molar-refractivity contribution >= 4 is 34.4 Å². The van der Waals surface area contributed by atoms with Crippen LogP contribution in [0.5, 0.6) is 0 Å². The van der Waals surface area contributed by atoms with Gasteiger partial charge < -0.3 is 10.3 Å². The summed E-state index contributed by atoms with van der Waals surface area (Å²) in [6.07, 6.45) is 0. The number of nitrogens with zero attached hydrogens (tertiary/aromatic N) is 3. The Labute approximate surface area is 226 Å². The van der Waals surface area contributed by atoms with Crippen LogP contribution in [-0.4, -0.2) is 70.7 Å². The van der Waals surface area contributed by atoms with Crippen LogP contribution in [0, 0.1) is 0 Å². The van der Waals surface area contributed by atoms with Gasteiger partial charge in [-0.25, -0.2) is 4.98 Å². The lowest BCUT2D eigenvalue weighted by Gasteiger charge is -2.34. The molecule has 1 amide bonds. The number of imidazole rings is 1. The van der Waals surface area contributed by atoms with Gasteiger partial charge in [-0.3, -0.25) is 14.6 Å². The van der Waals surface area contributed by atoms with Crippen molar-refractivity contribution < 1.29 is 4.79 Å². The number of hydrogen-bond acceptors (Lipinski definition) is 5. The predicted octanol–water partition coefficient (Wildman–Crippen LogP) is 6.28. The molecule has 2 aromatic carbocycles. The summed E-state index contributed by atoms with van der Waals surface area (Å²) in [5.41, 5.74) is 6.98. The van der Waals surface area contributed by atoms with Crippen LogP contribution in [0.4, 0.5) is 5.69 Å². The Balaban J connectivity index is 1.28. The third kappa shape index (κ3) is 7.15. The van der Waals surface area contributed by atoms with Crippen molar-refractivity contribution in [1.29, 1.82) is 0 Å². The normalized spacial score (nSPS) is 15.4. The number of hydrogen-bond donors (Lipinski definition) is 2. The van der Waals surface area contributed by atoms with Crippen molar-refractivity contribution in [2.45, 2.75) is 64.5 Å². The predicted molar refractivity (Wildman–Crippen MR) is 157 cm³/mol. The second kappa shape index (κ2) is 12.5. The zero-order chi connectivity index (χ0) is 26.5. The maximum absolute atomic E-state index is 13.2. The van der Waals surface area contributed by atoms with Crippen LogP contribution in [0.25, 0.3) is 11.0 Å². The number of para-hydroxylation sites is 2. The lowest BCUT2D eigenvalue weighted by molar-refractivity contribution is -0.117. The van der Waals surface area contributed by atoms with Gasteiger partial charge in [0.1, 0.15) is 0 Å². The summed E-state index contributed by atoms with van der Waals surface area (Å²) in [6, 6.07) is 12.7. The summed E-state index contributed by atoms with van der Waals surface area (Å²) in [5, 5.41) is 4.31. The van der Waals surface area contributed by atoms with Crippen LogP contribution >= 0.6 is 11.8 Å². The number of rotatable bonds is 10. The van der Waals surface area contributed by atoms with Gasteiger partial charge in [0.15, 0.2) is 5.16 Å². The number of benzene rings is 2. The number of nitrogens with one attached hydrogen (secondary N) is 2. The Bertz CT molecular complexity index is 1130. The van der Waals surface area contributed by atoms with Crippen molar-refractivity contribution in [1.82, 2.24) is 19.8 Å². The molecule has 200 valence electrons. The molecule has 0 radical (unpaired) electrons. The van der Waals surface area contributed by atoms with E-state index in [9.17, 15) is 4.79 Å². The standard InChI is InChI=1S/C30H43N5OS/c1-20(2)23-17-24(21(3)4)29(25(18-23)22(5)6)33-28(36)19-35-13-11-34(12-14-35)15-16-37-30-31-26-9-7-8-10-27(26)32-30/h7-10,17-18,20-22H,11-16,19H2,1-6H3,(H,31,32)(H,33,36). The second-order valence-electron chi connectivity index (χ2n) is 11.1. The van der Waals surface area contributed by atoms with Gasteiger partial charge in [0.05, 0.1) is 17.6 Å². The van der Waals surface area contributed by atoms with Crippen LogP contribution in [0.1, 0.15) is 76.0 Å². The van der Waals surface area contributed by atoms with Gasteiger partial charge in [-0.15, -0.1) is 0 Å². The van der Waals surface area contributed by atoms with Gasteiger partial charge in [-0.2, -0.15) is 0 Å². The molecule has 2 N–H and O–H groups in total. The van der Waals surface area contributed by atoms with Crippen LogP contribution < -0.4 is 5.32 Å². The molecule has 0 atom stereocenters. The molecule has 1 aromatic heterocycles. The van der Waals surface area contributed by atoms with E-state index < -0.39 is 0 Å². The number of amides is 1. The second-order valence-corrected chi connectivity index (χ2v) is 12.2. The van der Waals surface area contributed by atoms with E-state index >= 15 is 0 Å². The van der Waals surface area contributed by atoms with Crippen LogP contribution in [-0.2, 0) is 4.79 Å². The molecule has 1 fully saturated rings. The number of carbonyl (C=O) groups excluding carboxylic acids is 1. The Morgan fingerprint density at radius 1 is 0.946 bits per heavy atom. The van der Waals surface area contributed by atoms with Gasteiger partial charge in [0.25, 0.3) is 0 Å². The molecule has 7 heteroatoms. The summed E-state index contributed by atoms with van der Waals surface area (Å²) in [7, 11) is 0. The van der Waals surface area contributed by atoms with E-state index in [0.29, 0.717) is 24.3 Å². The Morgan fingerprint density at radius 2 is 1.57 bits per heavy atom. The van der Waals surface area contributed by atoms with E-state index in [0.717, 1.165) is 60.4 Å². The number of thioether (sulfide) groups is 1. The van der Waals surface area contributed by atoms with E-state index in [2.05, 4.69) is 84.8 Å². The molecule has 0 aliphatic carbocycles. The molecule has 0 bridgehead atoms. The van der Waals surface area contributed by atoms with Crippen molar-refractivity contribution in [3.8, 4) is 0 Å². The number of anilines is 1. The largest absolute Gasteiger partial charge is 0.333 e. The third-order valence-electron chi connectivity index (χ3n) is 7.24. The number of aromatic nitrogens is 2. The zero-order valence-electron chi connectivity index (χ0n) is 23.3. The van der Waals surface area contributed by atoms with Gasteiger partial charge in [-0.05, 0) is 46.6 Å². The van der Waals surface area contributed by atoms with Gasteiger partial charge in [-0.1, -0.05) is 77.6 Å². The highest BCUT2D eigenvalue weighted by atomic mass is 32.2. The zero-order valence-corrected chi connectivity index (χ0v) is 24.1. The lowest BCUT2D eigenvalue weighted by atomic mass is 9.87. The smallest absolute Gasteiger partial charge is 0.238 e. The van der Waals surface area contributed by atoms with Gasteiger partial charge in [0, 0.05) is 44.2 Å².